The molecular formula is C19H19Cl2N3. The Hall–Kier alpha value is -1.84. The lowest BCUT2D eigenvalue weighted by Gasteiger charge is -2.08. The van der Waals surface area contributed by atoms with Crippen molar-refractivity contribution in [2.24, 2.45) is 0 Å². The van der Waals surface area contributed by atoms with Gasteiger partial charge in [-0.15, -0.1) is 0 Å². The van der Waals surface area contributed by atoms with E-state index in [1.165, 1.54) is 0 Å². The topological polar surface area (TPSA) is 30.2 Å². The van der Waals surface area contributed by atoms with Crippen LogP contribution in [0.15, 0.2) is 37.2 Å². The fourth-order valence-electron chi connectivity index (χ4n) is 2.94. The smallest absolute Gasteiger partial charge is 0.164 e. The maximum Gasteiger partial charge on any atom is 0.164 e. The highest BCUT2D eigenvalue weighted by atomic mass is 35.5. The van der Waals surface area contributed by atoms with E-state index in [0.717, 1.165) is 53.1 Å². The van der Waals surface area contributed by atoms with Crippen molar-refractivity contribution in [2.45, 2.75) is 33.1 Å². The molecule has 0 atom stereocenters. The van der Waals surface area contributed by atoms with E-state index in [1.54, 1.807) is 12.3 Å². The van der Waals surface area contributed by atoms with E-state index in [1.807, 2.05) is 18.3 Å². The van der Waals surface area contributed by atoms with Crippen molar-refractivity contribution in [1.82, 2.24) is 14.4 Å². The Labute approximate surface area is 152 Å². The number of nitrogens with zero attached hydrogens (tertiary/aromatic N) is 3. The van der Waals surface area contributed by atoms with Gasteiger partial charge in [-0.2, -0.15) is 0 Å². The van der Waals surface area contributed by atoms with Crippen molar-refractivity contribution in [3.05, 3.63) is 58.6 Å². The minimum atomic E-state index is 0.568. The fraction of sp³-hybridized carbons (Fsp3) is 0.263. The molecule has 0 saturated heterocycles. The highest BCUT2D eigenvalue weighted by Crippen LogP contribution is 2.33. The van der Waals surface area contributed by atoms with Gasteiger partial charge in [0, 0.05) is 23.0 Å². The minimum absolute atomic E-state index is 0.568. The van der Waals surface area contributed by atoms with Crippen molar-refractivity contribution in [2.75, 3.05) is 0 Å². The number of allylic oxidation sites excluding steroid dienone is 1. The quantitative estimate of drug-likeness (QED) is 0.552. The fourth-order valence-corrected chi connectivity index (χ4v) is 3.43. The van der Waals surface area contributed by atoms with Crippen LogP contribution in [0.4, 0.5) is 0 Å². The lowest BCUT2D eigenvalue weighted by atomic mass is 10.1. The Kier molecular flexibility index (Phi) is 4.93. The van der Waals surface area contributed by atoms with E-state index in [0.29, 0.717) is 10.0 Å². The molecule has 24 heavy (non-hydrogen) atoms. The first kappa shape index (κ1) is 17.0. The van der Waals surface area contributed by atoms with Gasteiger partial charge in [-0.3, -0.25) is 9.38 Å². The van der Waals surface area contributed by atoms with Gasteiger partial charge >= 0.3 is 0 Å². The Bertz CT molecular complexity index is 912. The SMILES string of the molecule is C=C(CCC)c1c(CC)nc2c(-c3ccc(Cl)cc3Cl)nccn12. The molecule has 0 radical (unpaired) electrons. The van der Waals surface area contributed by atoms with Gasteiger partial charge in [0.15, 0.2) is 5.65 Å². The van der Waals surface area contributed by atoms with Crippen molar-refractivity contribution in [1.29, 1.82) is 0 Å². The molecule has 124 valence electrons. The maximum atomic E-state index is 6.38. The van der Waals surface area contributed by atoms with Gasteiger partial charge in [0.05, 0.1) is 16.4 Å². The van der Waals surface area contributed by atoms with Gasteiger partial charge in [0.1, 0.15) is 5.69 Å². The average Bonchev–Trinajstić information content (AvgIpc) is 2.94. The molecule has 1 aromatic carbocycles. The summed E-state index contributed by atoms with van der Waals surface area (Å²) in [6, 6.07) is 5.42. The first-order chi connectivity index (χ1) is 11.6. The van der Waals surface area contributed by atoms with Crippen LogP contribution >= 0.6 is 23.2 Å². The number of hydrogen-bond acceptors (Lipinski definition) is 2. The molecular weight excluding hydrogens is 341 g/mol. The highest BCUT2D eigenvalue weighted by molar-refractivity contribution is 6.36. The van der Waals surface area contributed by atoms with E-state index < -0.39 is 0 Å². The van der Waals surface area contributed by atoms with Gasteiger partial charge in [0.25, 0.3) is 0 Å². The number of rotatable bonds is 5. The van der Waals surface area contributed by atoms with Crippen molar-refractivity contribution in [3.8, 4) is 11.3 Å². The van der Waals surface area contributed by atoms with Gasteiger partial charge < -0.3 is 0 Å². The Morgan fingerprint density at radius 3 is 2.71 bits per heavy atom. The molecule has 0 spiro atoms. The van der Waals surface area contributed by atoms with Crippen LogP contribution in [-0.4, -0.2) is 14.4 Å². The number of aromatic nitrogens is 3. The number of imidazole rings is 1. The number of hydrogen-bond donors (Lipinski definition) is 0. The zero-order valence-electron chi connectivity index (χ0n) is 13.8. The predicted octanol–water partition coefficient (Wildman–Crippen LogP) is 6.08. The van der Waals surface area contributed by atoms with E-state index in [4.69, 9.17) is 28.2 Å². The summed E-state index contributed by atoms with van der Waals surface area (Å²) in [5.74, 6) is 0. The van der Waals surface area contributed by atoms with Crippen LogP contribution in [0, 0.1) is 0 Å². The summed E-state index contributed by atoms with van der Waals surface area (Å²) in [4.78, 5) is 9.34. The van der Waals surface area contributed by atoms with Crippen LogP contribution in [0.1, 0.15) is 38.1 Å². The molecule has 0 saturated carbocycles. The second kappa shape index (κ2) is 6.96. The third-order valence-electron chi connectivity index (χ3n) is 4.02. The Morgan fingerprint density at radius 1 is 1.25 bits per heavy atom. The van der Waals surface area contributed by atoms with Crippen molar-refractivity contribution >= 4 is 34.4 Å². The Morgan fingerprint density at radius 2 is 2.04 bits per heavy atom. The maximum absolute atomic E-state index is 6.38. The normalized spacial score (nSPS) is 11.2. The standard InChI is InChI=1S/C19H19Cl2N3/c1-4-6-12(3)18-16(5-2)23-19-17(22-9-10-24(18)19)14-8-7-13(20)11-15(14)21/h7-11H,3-6H2,1-2H3. The van der Waals surface area contributed by atoms with Crippen molar-refractivity contribution < 1.29 is 0 Å². The average molecular weight is 360 g/mol. The van der Waals surface area contributed by atoms with Gasteiger partial charge in [0.2, 0.25) is 0 Å². The number of halogens is 2. The van der Waals surface area contributed by atoms with Crippen LogP contribution in [0.2, 0.25) is 10.0 Å². The highest BCUT2D eigenvalue weighted by Gasteiger charge is 2.18. The third kappa shape index (κ3) is 2.94. The molecule has 3 aromatic rings. The summed E-state index contributed by atoms with van der Waals surface area (Å²) >= 11 is 12.4. The summed E-state index contributed by atoms with van der Waals surface area (Å²) in [5, 5.41) is 1.17. The third-order valence-corrected chi connectivity index (χ3v) is 4.57. The summed E-state index contributed by atoms with van der Waals surface area (Å²) in [6.07, 6.45) is 6.55. The van der Waals surface area contributed by atoms with Crippen LogP contribution in [0.3, 0.4) is 0 Å². The number of aryl methyl sites for hydroxylation is 1. The molecule has 3 nitrogen and oxygen atoms in total. The van der Waals surface area contributed by atoms with Crippen molar-refractivity contribution in [3.63, 3.8) is 0 Å². The van der Waals surface area contributed by atoms with Gasteiger partial charge in [-0.1, -0.05) is 50.0 Å². The zero-order chi connectivity index (χ0) is 17.3. The molecule has 3 rings (SSSR count). The lowest BCUT2D eigenvalue weighted by Crippen LogP contribution is -1.97. The number of benzene rings is 1. The van der Waals surface area contributed by atoms with Gasteiger partial charge in [-0.05, 0) is 36.6 Å². The number of fused-ring (bicyclic) bond motifs is 1. The molecule has 0 bridgehead atoms. The van der Waals surface area contributed by atoms with E-state index in [2.05, 4.69) is 29.8 Å². The van der Waals surface area contributed by atoms with Crippen LogP contribution in [0.25, 0.3) is 22.5 Å². The summed E-state index contributed by atoms with van der Waals surface area (Å²) in [7, 11) is 0. The van der Waals surface area contributed by atoms with Crippen LogP contribution < -0.4 is 0 Å². The molecule has 0 N–H and O–H groups in total. The van der Waals surface area contributed by atoms with Crippen LogP contribution in [-0.2, 0) is 6.42 Å². The molecule has 0 fully saturated rings. The lowest BCUT2D eigenvalue weighted by molar-refractivity contribution is 0.951. The van der Waals surface area contributed by atoms with Crippen LogP contribution in [0.5, 0.6) is 0 Å². The molecule has 0 unspecified atom stereocenters. The first-order valence-corrected chi connectivity index (χ1v) is 8.81. The first-order valence-electron chi connectivity index (χ1n) is 8.06. The molecule has 0 aliphatic carbocycles. The molecule has 5 heteroatoms. The summed E-state index contributed by atoms with van der Waals surface area (Å²) in [6.45, 7) is 8.51. The summed E-state index contributed by atoms with van der Waals surface area (Å²) in [5.41, 5.74) is 5.60. The van der Waals surface area contributed by atoms with Gasteiger partial charge in [-0.25, -0.2) is 4.98 Å². The summed E-state index contributed by atoms with van der Waals surface area (Å²) < 4.78 is 2.07. The molecule has 0 aliphatic rings. The largest absolute Gasteiger partial charge is 0.296 e. The van der Waals surface area contributed by atoms with E-state index in [-0.39, 0.29) is 0 Å². The minimum Gasteiger partial charge on any atom is -0.296 e. The monoisotopic (exact) mass is 359 g/mol. The second-order valence-corrected chi connectivity index (χ2v) is 6.55. The Balaban J connectivity index is 2.26. The molecule has 0 amide bonds. The molecule has 2 aromatic heterocycles. The molecule has 2 heterocycles. The zero-order valence-corrected chi connectivity index (χ0v) is 15.3. The predicted molar refractivity (Wildman–Crippen MR) is 102 cm³/mol. The molecule has 0 aliphatic heterocycles. The second-order valence-electron chi connectivity index (χ2n) is 5.71. The van der Waals surface area contributed by atoms with E-state index >= 15 is 0 Å². The van der Waals surface area contributed by atoms with E-state index in [9.17, 15) is 0 Å².